The van der Waals surface area contributed by atoms with E-state index in [2.05, 4.69) is 5.32 Å². The number of hydrogen-bond donors (Lipinski definition) is 1. The van der Waals surface area contributed by atoms with Crippen molar-refractivity contribution in [1.29, 1.82) is 0 Å². The molecule has 8 nitrogen and oxygen atoms in total. The molecule has 1 N–H and O–H groups in total. The largest absolute Gasteiger partial charge is 0.495 e. The van der Waals surface area contributed by atoms with Crippen molar-refractivity contribution in [3.63, 3.8) is 0 Å². The molecule has 0 spiro atoms. The van der Waals surface area contributed by atoms with Gasteiger partial charge in [0.2, 0.25) is 21.8 Å². The molecule has 0 saturated carbocycles. The van der Waals surface area contributed by atoms with Crippen LogP contribution in [0.2, 0.25) is 15.1 Å². The molecule has 0 radical (unpaired) electrons. The summed E-state index contributed by atoms with van der Waals surface area (Å²) in [6.07, 6.45) is 0.963. The summed E-state index contributed by atoms with van der Waals surface area (Å²) in [6.45, 7) is 4.40. The van der Waals surface area contributed by atoms with Crippen molar-refractivity contribution >= 4 is 62.3 Å². The Labute approximate surface area is 221 Å². The fraction of sp³-hybridized carbons (Fsp3) is 0.391. The molecule has 2 amide bonds. The van der Waals surface area contributed by atoms with Crippen LogP contribution in [-0.4, -0.2) is 57.1 Å². The molecule has 0 saturated heterocycles. The second-order valence-corrected chi connectivity index (χ2v) is 11.3. The van der Waals surface area contributed by atoms with Crippen LogP contribution in [0.15, 0.2) is 36.4 Å². The van der Waals surface area contributed by atoms with Gasteiger partial charge < -0.3 is 15.0 Å². The van der Waals surface area contributed by atoms with Gasteiger partial charge in [0, 0.05) is 33.2 Å². The Kier molecular flexibility index (Phi) is 10.1. The van der Waals surface area contributed by atoms with Crippen molar-refractivity contribution in [2.75, 3.05) is 24.2 Å². The summed E-state index contributed by atoms with van der Waals surface area (Å²) in [5.74, 6) is -0.860. The first-order chi connectivity index (χ1) is 16.3. The predicted molar refractivity (Wildman–Crippen MR) is 140 cm³/mol. The molecule has 0 aliphatic heterocycles. The molecular formula is C23H28Cl3N3O5S. The van der Waals surface area contributed by atoms with E-state index >= 15 is 0 Å². The maximum Gasteiger partial charge on any atom is 0.244 e. The van der Waals surface area contributed by atoms with Crippen LogP contribution in [0.4, 0.5) is 5.69 Å². The lowest BCUT2D eigenvalue weighted by Gasteiger charge is -2.32. The number of hydrogen-bond acceptors (Lipinski definition) is 5. The quantitative estimate of drug-likeness (QED) is 0.463. The van der Waals surface area contributed by atoms with E-state index in [1.165, 1.54) is 30.2 Å². The second-order valence-electron chi connectivity index (χ2n) is 8.15. The van der Waals surface area contributed by atoms with Crippen molar-refractivity contribution in [3.05, 3.63) is 57.0 Å². The number of amides is 2. The minimum atomic E-state index is -3.96. The molecule has 1 unspecified atom stereocenters. The molecule has 0 aromatic heterocycles. The number of halogens is 3. The first kappa shape index (κ1) is 29.0. The molecule has 2 rings (SSSR count). The van der Waals surface area contributed by atoms with Gasteiger partial charge in [-0.3, -0.25) is 13.9 Å². The van der Waals surface area contributed by atoms with E-state index in [0.717, 1.165) is 10.6 Å². The van der Waals surface area contributed by atoms with Crippen molar-refractivity contribution in [3.8, 4) is 5.75 Å². The maximum atomic E-state index is 13.6. The second kappa shape index (κ2) is 12.2. The third kappa shape index (κ3) is 7.64. The Morgan fingerprint density at radius 1 is 1.06 bits per heavy atom. The Morgan fingerprint density at radius 2 is 1.66 bits per heavy atom. The number of methoxy groups -OCH3 is 1. The molecule has 2 aromatic rings. The molecule has 12 heteroatoms. The Balaban J connectivity index is 2.52. The normalized spacial score (nSPS) is 12.3. The van der Waals surface area contributed by atoms with Crippen molar-refractivity contribution < 1.29 is 22.7 Å². The van der Waals surface area contributed by atoms with Gasteiger partial charge in [-0.1, -0.05) is 40.9 Å². The summed E-state index contributed by atoms with van der Waals surface area (Å²) < 4.78 is 31.6. The number of sulfonamides is 1. The van der Waals surface area contributed by atoms with Crippen LogP contribution >= 0.6 is 34.8 Å². The summed E-state index contributed by atoms with van der Waals surface area (Å²) in [6, 6.07) is 8.18. The molecule has 35 heavy (non-hydrogen) atoms. The zero-order valence-electron chi connectivity index (χ0n) is 20.0. The van der Waals surface area contributed by atoms with Gasteiger partial charge in [0.15, 0.2) is 0 Å². The molecule has 0 aliphatic rings. The first-order valence-corrected chi connectivity index (χ1v) is 13.6. The average Bonchev–Trinajstić information content (AvgIpc) is 2.75. The van der Waals surface area contributed by atoms with Crippen molar-refractivity contribution in [2.24, 2.45) is 0 Å². The summed E-state index contributed by atoms with van der Waals surface area (Å²) in [4.78, 5) is 27.6. The van der Waals surface area contributed by atoms with Gasteiger partial charge in [-0.15, -0.1) is 0 Å². The highest BCUT2D eigenvalue weighted by Crippen LogP contribution is 2.33. The summed E-state index contributed by atoms with van der Waals surface area (Å²) in [7, 11) is -2.58. The zero-order valence-corrected chi connectivity index (χ0v) is 23.1. The van der Waals surface area contributed by atoms with E-state index < -0.39 is 34.4 Å². The molecule has 0 fully saturated rings. The SMILES string of the molecule is COc1ccc(Cl)cc1N(CC(=O)N(Cc1c(Cl)cccc1Cl)C(C)C(=O)NC(C)C)S(C)(=O)=O. The molecule has 1 atom stereocenters. The van der Waals surface area contributed by atoms with E-state index in [1.807, 2.05) is 0 Å². The van der Waals surface area contributed by atoms with Crippen LogP contribution in [0, 0.1) is 0 Å². The van der Waals surface area contributed by atoms with Crippen LogP contribution in [0.25, 0.3) is 0 Å². The summed E-state index contributed by atoms with van der Waals surface area (Å²) in [5, 5.41) is 3.64. The molecule has 2 aromatic carbocycles. The number of carbonyl (C=O) groups is 2. The van der Waals surface area contributed by atoms with Gasteiger partial charge in [0.1, 0.15) is 18.3 Å². The number of nitrogens with zero attached hydrogens (tertiary/aromatic N) is 2. The Morgan fingerprint density at radius 3 is 2.17 bits per heavy atom. The minimum Gasteiger partial charge on any atom is -0.495 e. The highest BCUT2D eigenvalue weighted by Gasteiger charge is 2.32. The lowest BCUT2D eigenvalue weighted by Crippen LogP contribution is -2.52. The lowest BCUT2D eigenvalue weighted by molar-refractivity contribution is -0.139. The number of ether oxygens (including phenoxy) is 1. The third-order valence-electron chi connectivity index (χ3n) is 5.08. The highest BCUT2D eigenvalue weighted by atomic mass is 35.5. The number of nitrogens with one attached hydrogen (secondary N) is 1. The van der Waals surface area contributed by atoms with E-state index in [9.17, 15) is 18.0 Å². The number of benzene rings is 2. The topological polar surface area (TPSA) is 96.0 Å². The molecule has 0 aliphatic carbocycles. The predicted octanol–water partition coefficient (Wildman–Crippen LogP) is 4.36. The smallest absolute Gasteiger partial charge is 0.244 e. The van der Waals surface area contributed by atoms with Crippen molar-refractivity contribution in [2.45, 2.75) is 39.4 Å². The fourth-order valence-electron chi connectivity index (χ4n) is 3.29. The lowest BCUT2D eigenvalue weighted by atomic mass is 10.1. The van der Waals surface area contributed by atoms with Crippen LogP contribution < -0.4 is 14.4 Å². The highest BCUT2D eigenvalue weighted by molar-refractivity contribution is 7.92. The average molecular weight is 565 g/mol. The van der Waals surface area contributed by atoms with Gasteiger partial charge in [-0.25, -0.2) is 8.42 Å². The first-order valence-electron chi connectivity index (χ1n) is 10.6. The molecular weight excluding hydrogens is 537 g/mol. The van der Waals surface area contributed by atoms with Crippen LogP contribution in [0.1, 0.15) is 26.3 Å². The molecule has 192 valence electrons. The number of carbonyl (C=O) groups excluding carboxylic acids is 2. The number of anilines is 1. The van der Waals surface area contributed by atoms with Crippen LogP contribution in [-0.2, 0) is 26.2 Å². The van der Waals surface area contributed by atoms with E-state index in [-0.39, 0.29) is 29.0 Å². The van der Waals surface area contributed by atoms with E-state index in [1.54, 1.807) is 39.0 Å². The Hall–Kier alpha value is -2.20. The monoisotopic (exact) mass is 563 g/mol. The van der Waals surface area contributed by atoms with Gasteiger partial charge in [-0.05, 0) is 51.1 Å². The van der Waals surface area contributed by atoms with E-state index in [0.29, 0.717) is 15.6 Å². The van der Waals surface area contributed by atoms with Gasteiger partial charge in [0.25, 0.3) is 0 Å². The minimum absolute atomic E-state index is 0.0888. The van der Waals surface area contributed by atoms with Crippen molar-refractivity contribution in [1.82, 2.24) is 10.2 Å². The van der Waals surface area contributed by atoms with Gasteiger partial charge >= 0.3 is 0 Å². The standard InChI is InChI=1S/C23H28Cl3N3O5S/c1-14(2)27-23(31)15(3)28(12-17-18(25)7-6-8-19(17)26)22(30)13-29(35(5,32)33)20-11-16(24)9-10-21(20)34-4/h6-11,14-15H,12-13H2,1-5H3,(H,27,31). The zero-order chi connectivity index (χ0) is 26.5. The number of rotatable bonds is 10. The molecule has 0 heterocycles. The summed E-state index contributed by atoms with van der Waals surface area (Å²) >= 11 is 18.7. The fourth-order valence-corrected chi connectivity index (χ4v) is 4.82. The van der Waals surface area contributed by atoms with Gasteiger partial charge in [-0.2, -0.15) is 0 Å². The summed E-state index contributed by atoms with van der Waals surface area (Å²) in [5.41, 5.74) is 0.519. The molecule has 0 bridgehead atoms. The van der Waals surface area contributed by atoms with Gasteiger partial charge in [0.05, 0.1) is 19.1 Å². The van der Waals surface area contributed by atoms with Crippen LogP contribution in [0.3, 0.4) is 0 Å². The maximum absolute atomic E-state index is 13.6. The third-order valence-corrected chi connectivity index (χ3v) is 7.15. The van der Waals surface area contributed by atoms with E-state index in [4.69, 9.17) is 39.5 Å². The van der Waals surface area contributed by atoms with Crippen LogP contribution in [0.5, 0.6) is 5.75 Å². The Bertz CT molecular complexity index is 1170.